The van der Waals surface area contributed by atoms with Crippen LogP contribution in [0.25, 0.3) is 0 Å². The van der Waals surface area contributed by atoms with Crippen molar-refractivity contribution in [3.05, 3.63) is 69.7 Å². The average Bonchev–Trinajstić information content (AvgIpc) is 2.31. The number of hydrogen-bond donors (Lipinski definition) is 2. The largest absolute Gasteiger partial charge is 0.271 e. The van der Waals surface area contributed by atoms with E-state index < -0.39 is 0 Å². The van der Waals surface area contributed by atoms with Gasteiger partial charge < -0.3 is 0 Å². The molecule has 2 nitrogen and oxygen atoms in total. The first-order valence-electron chi connectivity index (χ1n) is 5.90. The van der Waals surface area contributed by atoms with Crippen molar-refractivity contribution in [2.45, 2.75) is 19.9 Å². The van der Waals surface area contributed by atoms with Crippen LogP contribution in [0.1, 0.15) is 28.3 Å². The first kappa shape index (κ1) is 13.1. The van der Waals surface area contributed by atoms with Gasteiger partial charge in [-0.15, -0.1) is 0 Å². The second-order valence-electron chi connectivity index (χ2n) is 4.52. The first-order valence-corrected chi connectivity index (χ1v) is 6.28. The van der Waals surface area contributed by atoms with Gasteiger partial charge in [-0.2, -0.15) is 0 Å². The number of rotatable bonds is 3. The number of aryl methyl sites for hydroxylation is 2. The maximum Gasteiger partial charge on any atom is 0.0713 e. The SMILES string of the molecule is Cc1cc(Cl)cc(C(NN)c2ccccc2C)c1. The van der Waals surface area contributed by atoms with E-state index in [0.29, 0.717) is 0 Å². The van der Waals surface area contributed by atoms with Gasteiger partial charge in [0.1, 0.15) is 0 Å². The summed E-state index contributed by atoms with van der Waals surface area (Å²) in [4.78, 5) is 0. The molecular formula is C15H17ClN2. The maximum absolute atomic E-state index is 6.11. The maximum atomic E-state index is 6.11. The molecule has 0 aliphatic carbocycles. The van der Waals surface area contributed by atoms with Gasteiger partial charge in [0.15, 0.2) is 0 Å². The van der Waals surface area contributed by atoms with Crippen LogP contribution >= 0.6 is 11.6 Å². The van der Waals surface area contributed by atoms with Gasteiger partial charge in [-0.25, -0.2) is 5.43 Å². The molecule has 3 N–H and O–H groups in total. The van der Waals surface area contributed by atoms with Crippen LogP contribution in [0.3, 0.4) is 0 Å². The lowest BCUT2D eigenvalue weighted by Gasteiger charge is -2.19. The van der Waals surface area contributed by atoms with Crippen molar-refractivity contribution in [3.63, 3.8) is 0 Å². The highest BCUT2D eigenvalue weighted by molar-refractivity contribution is 6.30. The van der Waals surface area contributed by atoms with E-state index in [4.69, 9.17) is 17.4 Å². The van der Waals surface area contributed by atoms with Gasteiger partial charge in [0.25, 0.3) is 0 Å². The molecular weight excluding hydrogens is 244 g/mol. The van der Waals surface area contributed by atoms with Crippen LogP contribution in [0.15, 0.2) is 42.5 Å². The fraction of sp³-hybridized carbons (Fsp3) is 0.200. The molecule has 2 aromatic rings. The van der Waals surface area contributed by atoms with Crippen molar-refractivity contribution in [1.82, 2.24) is 5.43 Å². The molecule has 0 aliphatic heterocycles. The van der Waals surface area contributed by atoms with Gasteiger partial charge in [0, 0.05) is 5.02 Å². The highest BCUT2D eigenvalue weighted by Crippen LogP contribution is 2.27. The van der Waals surface area contributed by atoms with Gasteiger partial charge in [0.05, 0.1) is 6.04 Å². The summed E-state index contributed by atoms with van der Waals surface area (Å²) in [6, 6.07) is 14.2. The van der Waals surface area contributed by atoms with E-state index in [9.17, 15) is 0 Å². The molecule has 0 heterocycles. The molecule has 1 unspecified atom stereocenters. The Labute approximate surface area is 113 Å². The van der Waals surface area contributed by atoms with Crippen LogP contribution in [0.5, 0.6) is 0 Å². The highest BCUT2D eigenvalue weighted by Gasteiger charge is 2.14. The summed E-state index contributed by atoms with van der Waals surface area (Å²) in [5.41, 5.74) is 7.46. The zero-order chi connectivity index (χ0) is 13.1. The van der Waals surface area contributed by atoms with E-state index in [2.05, 4.69) is 30.5 Å². The molecule has 18 heavy (non-hydrogen) atoms. The Kier molecular flexibility index (Phi) is 4.02. The van der Waals surface area contributed by atoms with Crippen LogP contribution in [-0.2, 0) is 0 Å². The molecule has 2 aromatic carbocycles. The summed E-state index contributed by atoms with van der Waals surface area (Å²) in [5, 5.41) is 0.735. The predicted octanol–water partition coefficient (Wildman–Crippen LogP) is 3.51. The van der Waals surface area contributed by atoms with Crippen LogP contribution in [0.2, 0.25) is 5.02 Å². The third-order valence-corrected chi connectivity index (χ3v) is 3.28. The Morgan fingerprint density at radius 2 is 1.83 bits per heavy atom. The van der Waals surface area contributed by atoms with Crippen molar-refractivity contribution in [1.29, 1.82) is 0 Å². The lowest BCUT2D eigenvalue weighted by atomic mass is 9.94. The second-order valence-corrected chi connectivity index (χ2v) is 4.95. The molecule has 0 saturated carbocycles. The third-order valence-electron chi connectivity index (χ3n) is 3.06. The summed E-state index contributed by atoms with van der Waals surface area (Å²) >= 11 is 6.11. The van der Waals surface area contributed by atoms with Gasteiger partial charge >= 0.3 is 0 Å². The highest BCUT2D eigenvalue weighted by atomic mass is 35.5. The minimum absolute atomic E-state index is 0.0383. The normalized spacial score (nSPS) is 12.4. The molecule has 0 amide bonds. The molecule has 0 aromatic heterocycles. The molecule has 2 rings (SSSR count). The van der Waals surface area contributed by atoms with Gasteiger partial charge in [-0.05, 0) is 48.2 Å². The third kappa shape index (κ3) is 2.72. The minimum atomic E-state index is -0.0383. The first-order chi connectivity index (χ1) is 8.61. The Morgan fingerprint density at radius 1 is 1.11 bits per heavy atom. The summed E-state index contributed by atoms with van der Waals surface area (Å²) in [6.07, 6.45) is 0. The molecule has 0 radical (unpaired) electrons. The number of hydrazine groups is 1. The van der Waals surface area contributed by atoms with Crippen molar-refractivity contribution in [2.75, 3.05) is 0 Å². The number of benzene rings is 2. The number of hydrogen-bond acceptors (Lipinski definition) is 2. The van der Waals surface area contributed by atoms with Gasteiger partial charge in [0.2, 0.25) is 0 Å². The monoisotopic (exact) mass is 260 g/mol. The summed E-state index contributed by atoms with van der Waals surface area (Å²) in [7, 11) is 0. The van der Waals surface area contributed by atoms with E-state index in [1.807, 2.05) is 31.2 Å². The topological polar surface area (TPSA) is 38.0 Å². The lowest BCUT2D eigenvalue weighted by Crippen LogP contribution is -2.29. The van der Waals surface area contributed by atoms with E-state index >= 15 is 0 Å². The predicted molar refractivity (Wildman–Crippen MR) is 76.5 cm³/mol. The molecule has 94 valence electrons. The van der Waals surface area contributed by atoms with E-state index in [1.54, 1.807) is 0 Å². The van der Waals surface area contributed by atoms with Gasteiger partial charge in [-0.1, -0.05) is 41.9 Å². The molecule has 3 heteroatoms. The summed E-state index contributed by atoms with van der Waals surface area (Å²) in [5.74, 6) is 5.71. The van der Waals surface area contributed by atoms with Crippen LogP contribution in [0, 0.1) is 13.8 Å². The Bertz CT molecular complexity index is 532. The van der Waals surface area contributed by atoms with Crippen molar-refractivity contribution in [3.8, 4) is 0 Å². The van der Waals surface area contributed by atoms with Crippen LogP contribution < -0.4 is 11.3 Å². The van der Waals surface area contributed by atoms with Gasteiger partial charge in [-0.3, -0.25) is 5.84 Å². The van der Waals surface area contributed by atoms with Crippen molar-refractivity contribution in [2.24, 2.45) is 5.84 Å². The fourth-order valence-corrected chi connectivity index (χ4v) is 2.51. The zero-order valence-corrected chi connectivity index (χ0v) is 11.3. The molecule has 0 saturated heterocycles. The molecule has 0 bridgehead atoms. The minimum Gasteiger partial charge on any atom is -0.271 e. The molecule has 0 spiro atoms. The molecule has 0 aliphatic rings. The lowest BCUT2D eigenvalue weighted by molar-refractivity contribution is 0.633. The van der Waals surface area contributed by atoms with Crippen molar-refractivity contribution < 1.29 is 0 Å². The number of nitrogens with one attached hydrogen (secondary N) is 1. The van der Waals surface area contributed by atoms with Crippen molar-refractivity contribution >= 4 is 11.6 Å². The summed E-state index contributed by atoms with van der Waals surface area (Å²) < 4.78 is 0. The van der Waals surface area contributed by atoms with Crippen LogP contribution in [0.4, 0.5) is 0 Å². The van der Waals surface area contributed by atoms with E-state index in [1.165, 1.54) is 11.1 Å². The van der Waals surface area contributed by atoms with Crippen LogP contribution in [-0.4, -0.2) is 0 Å². The number of nitrogens with two attached hydrogens (primary N) is 1. The fourth-order valence-electron chi connectivity index (χ4n) is 2.21. The Balaban J connectivity index is 2.48. The second kappa shape index (κ2) is 5.53. The quantitative estimate of drug-likeness (QED) is 0.655. The smallest absolute Gasteiger partial charge is 0.0713 e. The standard InChI is InChI=1S/C15H17ClN2/c1-10-7-12(9-13(16)8-10)15(18-17)14-6-4-3-5-11(14)2/h3-9,15,18H,17H2,1-2H3. The summed E-state index contributed by atoms with van der Waals surface area (Å²) in [6.45, 7) is 4.11. The average molecular weight is 261 g/mol. The molecule has 0 fully saturated rings. The van der Waals surface area contributed by atoms with E-state index in [-0.39, 0.29) is 6.04 Å². The molecule has 1 atom stereocenters. The Hall–Kier alpha value is -1.35. The number of halogens is 1. The van der Waals surface area contributed by atoms with E-state index in [0.717, 1.165) is 16.1 Å². The zero-order valence-electron chi connectivity index (χ0n) is 10.6. The Morgan fingerprint density at radius 3 is 2.44 bits per heavy atom.